The zero-order valence-electron chi connectivity index (χ0n) is 15.5. The summed E-state index contributed by atoms with van der Waals surface area (Å²) in [6, 6.07) is 10.4. The van der Waals surface area contributed by atoms with Crippen LogP contribution in [0.2, 0.25) is 0 Å². The van der Waals surface area contributed by atoms with Crippen molar-refractivity contribution < 1.29 is 22.2 Å². The van der Waals surface area contributed by atoms with Crippen LogP contribution in [0.5, 0.6) is 0 Å². The Hall–Kier alpha value is -3.68. The van der Waals surface area contributed by atoms with Crippen molar-refractivity contribution in [3.8, 4) is 34.2 Å². The largest absolute Gasteiger partial charge is 0.422 e. The highest BCUT2D eigenvalue weighted by Crippen LogP contribution is 2.46. The summed E-state index contributed by atoms with van der Waals surface area (Å²) in [5, 5.41) is 7.73. The summed E-state index contributed by atoms with van der Waals surface area (Å²) in [5.41, 5.74) is 2.60. The quantitative estimate of drug-likeness (QED) is 0.427. The third kappa shape index (κ3) is 2.83. The van der Waals surface area contributed by atoms with Gasteiger partial charge in [-0.25, -0.2) is 0 Å². The molecule has 150 valence electrons. The lowest BCUT2D eigenvalue weighted by Gasteiger charge is -2.15. The van der Waals surface area contributed by atoms with Gasteiger partial charge in [-0.3, -0.25) is 4.98 Å². The normalized spacial score (nSPS) is 13.0. The van der Waals surface area contributed by atoms with E-state index < -0.39 is 17.5 Å². The Morgan fingerprint density at radius 1 is 0.967 bits per heavy atom. The van der Waals surface area contributed by atoms with Crippen LogP contribution < -0.4 is 0 Å². The van der Waals surface area contributed by atoms with Crippen LogP contribution in [0.15, 0.2) is 58.2 Å². The second-order valence-electron chi connectivity index (χ2n) is 6.91. The summed E-state index contributed by atoms with van der Waals surface area (Å²) in [5.74, 6) is -0.534. The van der Waals surface area contributed by atoms with Gasteiger partial charge in [0, 0.05) is 17.3 Å². The highest BCUT2D eigenvalue weighted by molar-refractivity contribution is 5.79. The minimum atomic E-state index is -4.71. The third-order valence-corrected chi connectivity index (χ3v) is 5.14. The van der Waals surface area contributed by atoms with E-state index in [1.807, 2.05) is 18.2 Å². The molecule has 1 aliphatic carbocycles. The number of aromatic nitrogens is 3. The van der Waals surface area contributed by atoms with Gasteiger partial charge >= 0.3 is 6.18 Å². The molecule has 0 atom stereocenters. The molecule has 0 saturated heterocycles. The van der Waals surface area contributed by atoms with Crippen molar-refractivity contribution in [3.63, 3.8) is 0 Å². The van der Waals surface area contributed by atoms with Gasteiger partial charge in [0.15, 0.2) is 0 Å². The molecule has 5 rings (SSSR count). The second kappa shape index (κ2) is 6.69. The first-order valence-corrected chi connectivity index (χ1v) is 9.20. The predicted molar refractivity (Wildman–Crippen MR) is 103 cm³/mol. The Balaban J connectivity index is 1.68. The molecule has 0 unspecified atom stereocenters. The average molecular weight is 409 g/mol. The van der Waals surface area contributed by atoms with Crippen molar-refractivity contribution in [1.82, 2.24) is 15.3 Å². The molecule has 3 aromatic heterocycles. The monoisotopic (exact) mass is 409 g/mol. The molecule has 0 bridgehead atoms. The first-order chi connectivity index (χ1) is 14.5. The van der Waals surface area contributed by atoms with E-state index in [2.05, 4.69) is 21.9 Å². The van der Waals surface area contributed by atoms with Crippen LogP contribution in [0.4, 0.5) is 13.2 Å². The van der Waals surface area contributed by atoms with E-state index in [4.69, 9.17) is 9.05 Å². The molecule has 5 nitrogen and oxygen atoms in total. The molecule has 0 N–H and O–H groups in total. The third-order valence-electron chi connectivity index (χ3n) is 5.14. The van der Waals surface area contributed by atoms with E-state index >= 15 is 0 Å². The lowest BCUT2D eigenvalue weighted by atomic mass is 9.87. The molecule has 3 heterocycles. The van der Waals surface area contributed by atoms with Gasteiger partial charge in [-0.2, -0.15) is 13.2 Å². The average Bonchev–Trinajstić information content (AvgIpc) is 3.38. The fourth-order valence-electron chi connectivity index (χ4n) is 3.76. The van der Waals surface area contributed by atoms with Crippen LogP contribution in [0.3, 0.4) is 0 Å². The molecular formula is C22H14F3N3O2. The molecule has 0 radical (unpaired) electrons. The first kappa shape index (κ1) is 18.4. The van der Waals surface area contributed by atoms with E-state index in [0.717, 1.165) is 16.7 Å². The highest BCUT2D eigenvalue weighted by atomic mass is 19.4. The Morgan fingerprint density at radius 3 is 2.50 bits per heavy atom. The zero-order chi connectivity index (χ0) is 20.9. The van der Waals surface area contributed by atoms with Crippen LogP contribution in [-0.2, 0) is 19.0 Å². The molecular weight excluding hydrogens is 395 g/mol. The number of hydrogen-bond acceptors (Lipinski definition) is 5. The number of rotatable bonds is 3. The Kier molecular flexibility index (Phi) is 4.09. The SMILES string of the molecule is C=Cc1ccc2c(c1)CCc1c-2noc1-c1onc(-c2ccccn2)c1C(F)(F)F. The van der Waals surface area contributed by atoms with Crippen LogP contribution in [-0.4, -0.2) is 15.3 Å². The van der Waals surface area contributed by atoms with Crippen LogP contribution in [0, 0.1) is 0 Å². The van der Waals surface area contributed by atoms with Gasteiger partial charge in [0.2, 0.25) is 11.5 Å². The number of aryl methyl sites for hydroxylation is 1. The van der Waals surface area contributed by atoms with Crippen molar-refractivity contribution in [3.05, 3.63) is 71.4 Å². The topological polar surface area (TPSA) is 65.0 Å². The van der Waals surface area contributed by atoms with Crippen LogP contribution in [0.1, 0.15) is 22.3 Å². The van der Waals surface area contributed by atoms with Gasteiger partial charge in [0.25, 0.3) is 0 Å². The summed E-state index contributed by atoms with van der Waals surface area (Å²) in [7, 11) is 0. The summed E-state index contributed by atoms with van der Waals surface area (Å²) in [6.07, 6.45) is -0.464. The van der Waals surface area contributed by atoms with E-state index in [1.54, 1.807) is 18.2 Å². The van der Waals surface area contributed by atoms with Crippen molar-refractivity contribution in [2.45, 2.75) is 19.0 Å². The lowest BCUT2D eigenvalue weighted by Crippen LogP contribution is -2.08. The standard InChI is InChI=1S/C22H14F3N3O2/c1-2-12-6-8-14-13(11-12)7-9-15-18(14)27-29-20(15)21-17(22(23,24)25)19(28-30-21)16-5-3-4-10-26-16/h2-6,8,10-11H,1,7,9H2. The fraction of sp³-hybridized carbons (Fsp3) is 0.136. The number of pyridine rings is 1. The smallest absolute Gasteiger partial charge is 0.352 e. The number of benzene rings is 1. The maximum atomic E-state index is 14.0. The molecule has 0 amide bonds. The highest BCUT2D eigenvalue weighted by Gasteiger charge is 2.43. The van der Waals surface area contributed by atoms with Crippen LogP contribution >= 0.6 is 0 Å². The van der Waals surface area contributed by atoms with Crippen molar-refractivity contribution in [1.29, 1.82) is 0 Å². The Morgan fingerprint density at radius 2 is 1.77 bits per heavy atom. The summed E-state index contributed by atoms with van der Waals surface area (Å²) in [4.78, 5) is 3.97. The minimum absolute atomic E-state index is 0.0505. The summed E-state index contributed by atoms with van der Waals surface area (Å²) in [6.45, 7) is 3.76. The second-order valence-corrected chi connectivity index (χ2v) is 6.91. The zero-order valence-corrected chi connectivity index (χ0v) is 15.5. The fourth-order valence-corrected chi connectivity index (χ4v) is 3.76. The molecule has 4 aromatic rings. The van der Waals surface area contributed by atoms with E-state index in [0.29, 0.717) is 24.1 Å². The molecule has 0 spiro atoms. The van der Waals surface area contributed by atoms with Crippen LogP contribution in [0.25, 0.3) is 40.2 Å². The van der Waals surface area contributed by atoms with Gasteiger partial charge in [-0.15, -0.1) is 0 Å². The predicted octanol–water partition coefficient (Wildman–Crippen LogP) is 5.82. The molecule has 0 fully saturated rings. The number of nitrogens with zero attached hydrogens (tertiary/aromatic N) is 3. The van der Waals surface area contributed by atoms with Gasteiger partial charge in [-0.1, -0.05) is 47.2 Å². The lowest BCUT2D eigenvalue weighted by molar-refractivity contribution is -0.136. The van der Waals surface area contributed by atoms with E-state index in [9.17, 15) is 13.2 Å². The van der Waals surface area contributed by atoms with Gasteiger partial charge in [-0.05, 0) is 36.1 Å². The number of halogens is 3. The number of fused-ring (bicyclic) bond motifs is 3. The molecule has 1 aromatic carbocycles. The minimum Gasteiger partial charge on any atom is -0.352 e. The van der Waals surface area contributed by atoms with Crippen molar-refractivity contribution in [2.24, 2.45) is 0 Å². The van der Waals surface area contributed by atoms with Gasteiger partial charge < -0.3 is 9.05 Å². The van der Waals surface area contributed by atoms with Gasteiger partial charge in [0.1, 0.15) is 17.0 Å². The maximum Gasteiger partial charge on any atom is 0.422 e. The summed E-state index contributed by atoms with van der Waals surface area (Å²) < 4.78 is 52.5. The molecule has 0 aliphatic heterocycles. The molecule has 8 heteroatoms. The maximum absolute atomic E-state index is 14.0. The Labute approximate surface area is 168 Å². The van der Waals surface area contributed by atoms with Gasteiger partial charge in [0.05, 0.1) is 5.69 Å². The molecule has 30 heavy (non-hydrogen) atoms. The molecule has 0 saturated carbocycles. The van der Waals surface area contributed by atoms with E-state index in [1.165, 1.54) is 12.3 Å². The number of hydrogen-bond donors (Lipinski definition) is 0. The first-order valence-electron chi connectivity index (χ1n) is 9.20. The Bertz CT molecular complexity index is 1260. The van der Waals surface area contributed by atoms with Crippen molar-refractivity contribution >= 4 is 6.08 Å². The number of alkyl halides is 3. The summed E-state index contributed by atoms with van der Waals surface area (Å²) >= 11 is 0. The van der Waals surface area contributed by atoms with Crippen molar-refractivity contribution in [2.75, 3.05) is 0 Å². The van der Waals surface area contributed by atoms with E-state index in [-0.39, 0.29) is 17.1 Å². The molecule has 1 aliphatic rings.